The van der Waals surface area contributed by atoms with E-state index in [1.54, 1.807) is 45.4 Å². The summed E-state index contributed by atoms with van der Waals surface area (Å²) in [5.74, 6) is 3.56. The van der Waals surface area contributed by atoms with Crippen molar-refractivity contribution in [3.05, 3.63) is 12.2 Å². The van der Waals surface area contributed by atoms with E-state index in [1.807, 2.05) is 0 Å². The van der Waals surface area contributed by atoms with E-state index in [1.165, 1.54) is 23.7 Å². The second kappa shape index (κ2) is 5.24. The fourth-order valence-corrected chi connectivity index (χ4v) is 4.13. The first kappa shape index (κ1) is 12.7. The normalized spacial score (nSPS) is 37.2. The summed E-state index contributed by atoms with van der Waals surface area (Å²) in [7, 11) is 0. The minimum absolute atomic E-state index is 0.153. The van der Waals surface area contributed by atoms with E-state index in [0.29, 0.717) is 6.42 Å². The quantitative estimate of drug-likeness (QED) is 0.690. The molecule has 0 spiro atoms. The van der Waals surface area contributed by atoms with E-state index in [0.717, 1.165) is 0 Å². The van der Waals surface area contributed by atoms with Crippen LogP contribution in [0.4, 0.5) is 0 Å². The Morgan fingerprint density at radius 3 is 1.41 bits per heavy atom. The molecule has 0 amide bonds. The summed E-state index contributed by atoms with van der Waals surface area (Å²) in [6.07, 6.45) is 10.1. The van der Waals surface area contributed by atoms with Gasteiger partial charge < -0.3 is 9.90 Å². The van der Waals surface area contributed by atoms with Gasteiger partial charge in [-0.25, -0.2) is 0 Å². The molecule has 4 saturated carbocycles. The monoisotopic (exact) mass is 235 g/mol. The molecular weight excluding hydrogens is 212 g/mol. The van der Waals surface area contributed by atoms with Gasteiger partial charge in [-0.3, -0.25) is 0 Å². The molecule has 0 unspecified atom stereocenters. The van der Waals surface area contributed by atoms with Crippen LogP contribution >= 0.6 is 0 Å². The second-order valence-electron chi connectivity index (χ2n) is 6.12. The van der Waals surface area contributed by atoms with Crippen molar-refractivity contribution in [3.8, 4) is 0 Å². The topological polar surface area (TPSA) is 40.1 Å². The highest BCUT2D eigenvalue weighted by Crippen LogP contribution is 2.53. The van der Waals surface area contributed by atoms with Gasteiger partial charge in [-0.15, -0.1) is 0 Å². The van der Waals surface area contributed by atoms with Crippen LogP contribution in [0, 0.1) is 23.7 Å². The molecule has 96 valence electrons. The number of hydrogen-bond acceptors (Lipinski definition) is 2. The molecule has 4 aliphatic carbocycles. The van der Waals surface area contributed by atoms with Crippen molar-refractivity contribution in [1.29, 1.82) is 0 Å². The van der Waals surface area contributed by atoms with Gasteiger partial charge in [0.25, 0.3) is 0 Å². The Kier molecular flexibility index (Phi) is 3.90. The minimum atomic E-state index is -1.15. The average Bonchev–Trinajstić information content (AvgIpc) is 2.26. The van der Waals surface area contributed by atoms with Crippen molar-refractivity contribution >= 4 is 5.97 Å². The van der Waals surface area contributed by atoms with Crippen LogP contribution in [0.15, 0.2) is 12.2 Å². The smallest absolute Gasteiger partial charge is 0.0668 e. The lowest BCUT2D eigenvalue weighted by Crippen LogP contribution is -2.38. The van der Waals surface area contributed by atoms with Crippen LogP contribution in [0.25, 0.3) is 0 Å². The third kappa shape index (κ3) is 3.11. The van der Waals surface area contributed by atoms with Gasteiger partial charge in [0.05, 0.1) is 5.97 Å². The van der Waals surface area contributed by atoms with Gasteiger partial charge in [0, 0.05) is 0 Å². The second-order valence-corrected chi connectivity index (χ2v) is 6.12. The third-order valence-electron chi connectivity index (χ3n) is 4.72. The standard InChI is InChI=1S/C10H16.C5H8O2/c1-7-2-9-4-8(1)5-10(3-7)6-9;1-3-4(2)5(6)7/h7-10H,1-6H2;2-3H2,1H3,(H,6,7)/p-1. The lowest BCUT2D eigenvalue weighted by molar-refractivity contribution is -0.299. The first-order valence-electron chi connectivity index (χ1n) is 6.97. The Balaban J connectivity index is 0.000000139. The number of carboxylic acid groups (broad SMARTS) is 1. The molecule has 0 N–H and O–H groups in total. The lowest BCUT2D eigenvalue weighted by Gasteiger charge is -2.49. The van der Waals surface area contributed by atoms with E-state index >= 15 is 0 Å². The molecule has 4 rings (SSSR count). The fourth-order valence-electron chi connectivity index (χ4n) is 4.13. The van der Waals surface area contributed by atoms with E-state index < -0.39 is 5.97 Å². The molecule has 0 aromatic heterocycles. The summed E-state index contributed by atoms with van der Waals surface area (Å²) >= 11 is 0. The molecule has 4 fully saturated rings. The van der Waals surface area contributed by atoms with Crippen molar-refractivity contribution in [2.75, 3.05) is 0 Å². The minimum Gasteiger partial charge on any atom is -0.545 e. The Labute approximate surface area is 104 Å². The maximum absolute atomic E-state index is 9.72. The molecule has 0 aliphatic heterocycles. The summed E-state index contributed by atoms with van der Waals surface area (Å²) < 4.78 is 0. The molecule has 2 nitrogen and oxygen atoms in total. The predicted octanol–water partition coefficient (Wildman–Crippen LogP) is 2.54. The number of carbonyl (C=O) groups is 1. The molecule has 4 aliphatic rings. The van der Waals surface area contributed by atoms with Gasteiger partial charge in [-0.2, -0.15) is 0 Å². The molecule has 4 bridgehead atoms. The van der Waals surface area contributed by atoms with Crippen LogP contribution < -0.4 is 5.11 Å². The van der Waals surface area contributed by atoms with Gasteiger partial charge in [0.1, 0.15) is 0 Å². The number of aliphatic carboxylic acids is 1. The zero-order chi connectivity index (χ0) is 12.4. The van der Waals surface area contributed by atoms with Gasteiger partial charge >= 0.3 is 0 Å². The van der Waals surface area contributed by atoms with E-state index in [9.17, 15) is 9.90 Å². The van der Waals surface area contributed by atoms with E-state index in [2.05, 4.69) is 6.58 Å². The molecule has 0 aromatic rings. The predicted molar refractivity (Wildman–Crippen MR) is 66.1 cm³/mol. The highest BCUT2D eigenvalue weighted by Gasteiger charge is 2.41. The lowest BCUT2D eigenvalue weighted by atomic mass is 9.56. The number of rotatable bonds is 2. The molecule has 0 atom stereocenters. The molecular formula is C15H23O2-. The fraction of sp³-hybridized carbons (Fsp3) is 0.800. The van der Waals surface area contributed by atoms with Gasteiger partial charge in [0.2, 0.25) is 0 Å². The zero-order valence-corrected chi connectivity index (χ0v) is 10.8. The van der Waals surface area contributed by atoms with E-state index in [-0.39, 0.29) is 5.57 Å². The van der Waals surface area contributed by atoms with Crippen molar-refractivity contribution in [2.24, 2.45) is 23.7 Å². The van der Waals surface area contributed by atoms with Gasteiger partial charge in [0.15, 0.2) is 0 Å². The van der Waals surface area contributed by atoms with Crippen molar-refractivity contribution < 1.29 is 9.90 Å². The van der Waals surface area contributed by atoms with Crippen molar-refractivity contribution in [3.63, 3.8) is 0 Å². The van der Waals surface area contributed by atoms with Gasteiger partial charge in [-0.1, -0.05) is 13.5 Å². The molecule has 2 heteroatoms. The zero-order valence-electron chi connectivity index (χ0n) is 10.8. The first-order valence-corrected chi connectivity index (χ1v) is 6.97. The van der Waals surface area contributed by atoms with Crippen molar-refractivity contribution in [2.45, 2.75) is 51.9 Å². The van der Waals surface area contributed by atoms with Crippen LogP contribution in [0.2, 0.25) is 0 Å². The van der Waals surface area contributed by atoms with Crippen LogP contribution in [-0.2, 0) is 4.79 Å². The summed E-state index contributed by atoms with van der Waals surface area (Å²) in [5, 5.41) is 9.72. The molecule has 0 heterocycles. The van der Waals surface area contributed by atoms with Crippen LogP contribution in [0.3, 0.4) is 0 Å². The molecule has 17 heavy (non-hydrogen) atoms. The van der Waals surface area contributed by atoms with Crippen LogP contribution in [-0.4, -0.2) is 5.97 Å². The maximum atomic E-state index is 9.72. The Bertz CT molecular complexity index is 250. The number of carboxylic acids is 1. The van der Waals surface area contributed by atoms with Crippen LogP contribution in [0.5, 0.6) is 0 Å². The Hall–Kier alpha value is -0.790. The summed E-state index contributed by atoms with van der Waals surface area (Å²) in [6, 6.07) is 0. The van der Waals surface area contributed by atoms with Crippen LogP contribution in [0.1, 0.15) is 51.9 Å². The molecule has 0 saturated heterocycles. The first-order chi connectivity index (χ1) is 8.08. The molecule has 0 radical (unpaired) electrons. The van der Waals surface area contributed by atoms with Gasteiger partial charge in [-0.05, 0) is 74.2 Å². The summed E-state index contributed by atoms with van der Waals surface area (Å²) in [4.78, 5) is 9.72. The van der Waals surface area contributed by atoms with E-state index in [4.69, 9.17) is 0 Å². The highest BCUT2D eigenvalue weighted by atomic mass is 16.4. The third-order valence-corrected chi connectivity index (χ3v) is 4.72. The van der Waals surface area contributed by atoms with Crippen molar-refractivity contribution in [1.82, 2.24) is 0 Å². The number of hydrogen-bond donors (Lipinski definition) is 0. The summed E-state index contributed by atoms with van der Waals surface area (Å²) in [6.45, 7) is 4.93. The Morgan fingerprint density at radius 1 is 1.00 bits per heavy atom. The summed E-state index contributed by atoms with van der Waals surface area (Å²) in [5.41, 5.74) is 0.153. The largest absolute Gasteiger partial charge is 0.545 e. The maximum Gasteiger partial charge on any atom is 0.0668 e. The Morgan fingerprint density at radius 2 is 1.29 bits per heavy atom. The average molecular weight is 235 g/mol. The highest BCUT2D eigenvalue weighted by molar-refractivity contribution is 5.83. The molecule has 0 aromatic carbocycles. The SMILES string of the molecule is C1C2CC3CC1CC(C2)C3.C=C(CC)C(=O)[O-]. The number of carbonyl (C=O) groups excluding carboxylic acids is 1.